The zero-order valence-electron chi connectivity index (χ0n) is 14.0. The van der Waals surface area contributed by atoms with E-state index < -0.39 is 23.7 Å². The van der Waals surface area contributed by atoms with Gasteiger partial charge in [0.05, 0.1) is 16.9 Å². The van der Waals surface area contributed by atoms with Gasteiger partial charge in [-0.3, -0.25) is 0 Å². The van der Waals surface area contributed by atoms with Crippen molar-refractivity contribution >= 4 is 29.3 Å². The average Bonchev–Trinajstić information content (AvgIpc) is 3.06. The van der Waals surface area contributed by atoms with E-state index in [1.54, 1.807) is 30.3 Å². The zero-order chi connectivity index (χ0) is 20.3. The summed E-state index contributed by atoms with van der Waals surface area (Å²) in [7, 11) is 0. The van der Waals surface area contributed by atoms with Crippen molar-refractivity contribution in [3.05, 3.63) is 76.0 Å². The number of hydrogen-bond donors (Lipinski definition) is 1. The minimum absolute atomic E-state index is 0.00178. The van der Waals surface area contributed by atoms with Gasteiger partial charge in [0, 0.05) is 11.6 Å². The van der Waals surface area contributed by atoms with Crippen molar-refractivity contribution in [1.82, 2.24) is 15.1 Å². The first-order valence-electron chi connectivity index (χ1n) is 7.86. The number of rotatable bonds is 4. The topological polar surface area (TPSA) is 56.1 Å². The Hall–Kier alpha value is -2.71. The molecule has 0 fully saturated rings. The first-order chi connectivity index (χ1) is 13.3. The fourth-order valence-electron chi connectivity index (χ4n) is 2.40. The maximum Gasteiger partial charge on any atom is 0.437 e. The van der Waals surface area contributed by atoms with Crippen molar-refractivity contribution in [3.8, 4) is 11.4 Å². The van der Waals surface area contributed by atoms with Crippen LogP contribution in [0.25, 0.3) is 5.69 Å². The molecule has 3 aromatic rings. The molecule has 28 heavy (non-hydrogen) atoms. The van der Waals surface area contributed by atoms with Crippen LogP contribution in [0.1, 0.15) is 11.3 Å². The number of carbonyl (C=O) groups excluding carboxylic acids is 1. The monoisotopic (exact) mass is 429 g/mol. The quantitative estimate of drug-likeness (QED) is 0.596. The number of nitrogens with one attached hydrogen (secondary N) is 1. The first kappa shape index (κ1) is 20.0. The second-order valence-corrected chi connectivity index (χ2v) is 6.44. The van der Waals surface area contributed by atoms with Gasteiger partial charge in [-0.25, -0.2) is 9.48 Å². The molecule has 1 N–H and O–H groups in total. The average molecular weight is 430 g/mol. The number of benzene rings is 2. The molecule has 0 radical (unpaired) electrons. The summed E-state index contributed by atoms with van der Waals surface area (Å²) < 4.78 is 46.2. The summed E-state index contributed by atoms with van der Waals surface area (Å²) in [5.74, 6) is -0.755. The second kappa shape index (κ2) is 8.12. The first-order valence-corrected chi connectivity index (χ1v) is 8.61. The van der Waals surface area contributed by atoms with E-state index in [1.165, 1.54) is 18.2 Å². The number of amides is 1. The molecule has 0 bridgehead atoms. The lowest BCUT2D eigenvalue weighted by atomic mass is 10.2. The van der Waals surface area contributed by atoms with Crippen LogP contribution in [-0.4, -0.2) is 15.9 Å². The van der Waals surface area contributed by atoms with Crippen LogP contribution in [0, 0.1) is 0 Å². The van der Waals surface area contributed by atoms with Crippen molar-refractivity contribution in [2.75, 3.05) is 0 Å². The third-order valence-corrected chi connectivity index (χ3v) is 4.18. The summed E-state index contributed by atoms with van der Waals surface area (Å²) >= 11 is 11.8. The SMILES string of the molecule is O=C(NCc1ccccc1)Oc1cnn(-c2cc(Cl)ccc2Cl)c1C(F)(F)F. The Morgan fingerprint density at radius 1 is 1.14 bits per heavy atom. The maximum atomic E-state index is 13.6. The van der Waals surface area contributed by atoms with E-state index in [2.05, 4.69) is 10.4 Å². The number of halogens is 5. The Labute approximate surface area is 167 Å². The van der Waals surface area contributed by atoms with E-state index in [0.29, 0.717) is 4.68 Å². The molecule has 1 aromatic heterocycles. The van der Waals surface area contributed by atoms with E-state index in [0.717, 1.165) is 11.8 Å². The van der Waals surface area contributed by atoms with Crippen LogP contribution >= 0.6 is 23.2 Å². The number of nitrogens with zero attached hydrogens (tertiary/aromatic N) is 2. The molecule has 0 aliphatic rings. The highest BCUT2D eigenvalue weighted by molar-refractivity contribution is 6.34. The van der Waals surface area contributed by atoms with Crippen LogP contribution in [0.3, 0.4) is 0 Å². The van der Waals surface area contributed by atoms with E-state index in [9.17, 15) is 18.0 Å². The fraction of sp³-hybridized carbons (Fsp3) is 0.111. The summed E-state index contributed by atoms with van der Waals surface area (Å²) in [5.41, 5.74) is -0.621. The van der Waals surface area contributed by atoms with E-state index >= 15 is 0 Å². The molecule has 0 saturated heterocycles. The van der Waals surface area contributed by atoms with Crippen LogP contribution in [0.4, 0.5) is 18.0 Å². The summed E-state index contributed by atoms with van der Waals surface area (Å²) in [5, 5.41) is 6.23. The highest BCUT2D eigenvalue weighted by atomic mass is 35.5. The van der Waals surface area contributed by atoms with Crippen molar-refractivity contribution < 1.29 is 22.7 Å². The Balaban J connectivity index is 1.86. The number of ether oxygens (including phenoxy) is 1. The van der Waals surface area contributed by atoms with Crippen LogP contribution in [0.15, 0.2) is 54.7 Å². The highest BCUT2D eigenvalue weighted by Crippen LogP contribution is 2.39. The third kappa shape index (κ3) is 4.58. The molecule has 5 nitrogen and oxygen atoms in total. The van der Waals surface area contributed by atoms with Gasteiger partial charge < -0.3 is 10.1 Å². The van der Waals surface area contributed by atoms with Gasteiger partial charge in [0.25, 0.3) is 0 Å². The van der Waals surface area contributed by atoms with Gasteiger partial charge in [-0.2, -0.15) is 18.3 Å². The number of alkyl halides is 3. The van der Waals surface area contributed by atoms with Gasteiger partial charge in [0.2, 0.25) is 0 Å². The van der Waals surface area contributed by atoms with E-state index in [4.69, 9.17) is 27.9 Å². The number of hydrogen-bond acceptors (Lipinski definition) is 3. The maximum absolute atomic E-state index is 13.6. The normalized spacial score (nSPS) is 11.3. The summed E-state index contributed by atoms with van der Waals surface area (Å²) in [6, 6.07) is 12.8. The van der Waals surface area contributed by atoms with Crippen LogP contribution < -0.4 is 10.1 Å². The predicted molar refractivity (Wildman–Crippen MR) is 97.9 cm³/mol. The largest absolute Gasteiger partial charge is 0.437 e. The van der Waals surface area contributed by atoms with Crippen LogP contribution in [0.2, 0.25) is 10.0 Å². The molecule has 0 aliphatic carbocycles. The Bertz CT molecular complexity index is 991. The van der Waals surface area contributed by atoms with Crippen LogP contribution in [-0.2, 0) is 12.7 Å². The van der Waals surface area contributed by atoms with Crippen molar-refractivity contribution in [2.24, 2.45) is 0 Å². The van der Waals surface area contributed by atoms with Gasteiger partial charge >= 0.3 is 12.3 Å². The number of carbonyl (C=O) groups is 1. The molecule has 1 heterocycles. The molecule has 0 aliphatic heterocycles. The van der Waals surface area contributed by atoms with Crippen molar-refractivity contribution in [2.45, 2.75) is 12.7 Å². The van der Waals surface area contributed by atoms with Crippen molar-refractivity contribution in [1.29, 1.82) is 0 Å². The molecule has 3 rings (SSSR count). The third-order valence-electron chi connectivity index (χ3n) is 3.62. The Morgan fingerprint density at radius 2 is 1.86 bits per heavy atom. The van der Waals surface area contributed by atoms with E-state index in [1.807, 2.05) is 0 Å². The second-order valence-electron chi connectivity index (χ2n) is 5.59. The summed E-state index contributed by atoms with van der Waals surface area (Å²) in [6.07, 6.45) is -5.12. The Morgan fingerprint density at radius 3 is 2.54 bits per heavy atom. The molecular formula is C18H12Cl2F3N3O2. The smallest absolute Gasteiger partial charge is 0.406 e. The van der Waals surface area contributed by atoms with Gasteiger partial charge in [0.1, 0.15) is 0 Å². The highest BCUT2D eigenvalue weighted by Gasteiger charge is 2.41. The molecule has 0 spiro atoms. The molecule has 0 saturated carbocycles. The lowest BCUT2D eigenvalue weighted by Crippen LogP contribution is -2.27. The van der Waals surface area contributed by atoms with Gasteiger partial charge in [-0.05, 0) is 23.8 Å². The molecule has 0 unspecified atom stereocenters. The van der Waals surface area contributed by atoms with E-state index in [-0.39, 0.29) is 22.3 Å². The Kier molecular flexibility index (Phi) is 5.81. The van der Waals surface area contributed by atoms with Gasteiger partial charge in [-0.15, -0.1) is 0 Å². The predicted octanol–water partition coefficient (Wildman–Crippen LogP) is 5.49. The number of aromatic nitrogens is 2. The minimum atomic E-state index is -4.86. The lowest BCUT2D eigenvalue weighted by Gasteiger charge is -2.14. The molecule has 2 aromatic carbocycles. The lowest BCUT2D eigenvalue weighted by molar-refractivity contribution is -0.143. The molecule has 0 atom stereocenters. The van der Waals surface area contributed by atoms with Gasteiger partial charge in [0.15, 0.2) is 11.4 Å². The fourth-order valence-corrected chi connectivity index (χ4v) is 2.77. The summed E-state index contributed by atoms with van der Waals surface area (Å²) in [4.78, 5) is 11.9. The van der Waals surface area contributed by atoms with Gasteiger partial charge in [-0.1, -0.05) is 53.5 Å². The molecule has 1 amide bonds. The molecule has 10 heteroatoms. The standard InChI is InChI=1S/C18H12Cl2F3N3O2/c19-12-6-7-13(20)14(8-12)26-16(18(21,22)23)15(10-25-26)28-17(27)24-9-11-4-2-1-3-5-11/h1-8,10H,9H2,(H,24,27). The molecular weight excluding hydrogens is 418 g/mol. The van der Waals surface area contributed by atoms with Crippen molar-refractivity contribution in [3.63, 3.8) is 0 Å². The van der Waals surface area contributed by atoms with Crippen LogP contribution in [0.5, 0.6) is 5.75 Å². The summed E-state index contributed by atoms with van der Waals surface area (Å²) in [6.45, 7) is 0.0925. The minimum Gasteiger partial charge on any atom is -0.406 e. The molecule has 146 valence electrons. The zero-order valence-corrected chi connectivity index (χ0v) is 15.5.